The summed E-state index contributed by atoms with van der Waals surface area (Å²) in [7, 11) is 0. The molecule has 1 saturated heterocycles. The number of nitrogens with zero attached hydrogens (tertiary/aromatic N) is 3. The molecule has 0 bridgehead atoms. The average molecular weight is 486 g/mol. The summed E-state index contributed by atoms with van der Waals surface area (Å²) in [6.45, 7) is 15.1. The van der Waals surface area contributed by atoms with Crippen LogP contribution in [0.4, 0.5) is 9.59 Å². The van der Waals surface area contributed by atoms with Crippen molar-refractivity contribution in [2.45, 2.75) is 53.6 Å². The summed E-state index contributed by atoms with van der Waals surface area (Å²) in [6, 6.07) is 5.25. The van der Waals surface area contributed by atoms with Gasteiger partial charge in [-0.15, -0.1) is 0 Å². The highest BCUT2D eigenvalue weighted by molar-refractivity contribution is 5.95. The van der Waals surface area contributed by atoms with Crippen molar-refractivity contribution in [3.63, 3.8) is 0 Å². The Kier molecular flexibility index (Phi) is 8.77. The van der Waals surface area contributed by atoms with E-state index in [-0.39, 0.29) is 24.7 Å². The number of rotatable bonds is 7. The first-order valence-electron chi connectivity index (χ1n) is 12.5. The Morgan fingerprint density at radius 2 is 1.83 bits per heavy atom. The summed E-state index contributed by atoms with van der Waals surface area (Å²) in [5, 5.41) is 5.98. The molecule has 0 saturated carbocycles. The van der Waals surface area contributed by atoms with E-state index in [2.05, 4.69) is 15.5 Å². The number of ether oxygens (including phenoxy) is 1. The highest BCUT2D eigenvalue weighted by atomic mass is 16.5. The molecule has 0 radical (unpaired) electrons. The first-order valence-corrected chi connectivity index (χ1v) is 12.5. The minimum Gasteiger partial charge on any atom is -0.463 e. The number of nitrogens with one attached hydrogen (secondary N) is 2. The van der Waals surface area contributed by atoms with Crippen LogP contribution in [0, 0.1) is 13.8 Å². The number of amides is 4. The maximum Gasteiger partial charge on any atom is 0.338 e. The molecule has 2 N–H and O–H groups in total. The molecular weight excluding hydrogens is 446 g/mol. The molecule has 1 fully saturated rings. The fourth-order valence-electron chi connectivity index (χ4n) is 4.62. The molecule has 9 nitrogen and oxygen atoms in total. The van der Waals surface area contributed by atoms with Gasteiger partial charge in [-0.2, -0.15) is 0 Å². The lowest BCUT2D eigenvalue weighted by molar-refractivity contribution is -0.139. The number of urea groups is 2. The molecule has 2 aliphatic heterocycles. The van der Waals surface area contributed by atoms with E-state index in [1.807, 2.05) is 52.8 Å². The third-order valence-electron chi connectivity index (χ3n) is 6.44. The van der Waals surface area contributed by atoms with Gasteiger partial charge in [-0.25, -0.2) is 14.4 Å². The van der Waals surface area contributed by atoms with Crippen LogP contribution in [0.1, 0.15) is 50.4 Å². The summed E-state index contributed by atoms with van der Waals surface area (Å²) in [5.41, 5.74) is 4.09. The van der Waals surface area contributed by atoms with Crippen molar-refractivity contribution in [3.8, 4) is 0 Å². The number of hydrogen-bond donors (Lipinski definition) is 2. The Hall–Kier alpha value is -3.07. The maximum absolute atomic E-state index is 13.3. The van der Waals surface area contributed by atoms with E-state index in [0.29, 0.717) is 50.5 Å². The number of carbonyl (C=O) groups is 3. The number of esters is 1. The van der Waals surface area contributed by atoms with Crippen molar-refractivity contribution < 1.29 is 19.1 Å². The van der Waals surface area contributed by atoms with E-state index in [0.717, 1.165) is 16.7 Å². The molecule has 3 rings (SSSR count). The van der Waals surface area contributed by atoms with Gasteiger partial charge in [0.2, 0.25) is 0 Å². The van der Waals surface area contributed by atoms with Crippen LogP contribution < -0.4 is 10.6 Å². The molecular formula is C26H39N5O4. The minimum atomic E-state index is -0.586. The van der Waals surface area contributed by atoms with E-state index < -0.39 is 12.0 Å². The zero-order valence-electron chi connectivity index (χ0n) is 21.8. The standard InChI is InChI=1S/C26H39N5O4/c1-7-31-21(16-29-11-13-30(14-12-29)25(33)27-17(3)4)22(24(32)35-8-2)23(28-26(31)34)20-15-18(5)9-10-19(20)6/h9-10,15,17,23H,7-8,11-14,16H2,1-6H3,(H,27,33)(H,28,34). The van der Waals surface area contributed by atoms with Crippen LogP contribution in [0.2, 0.25) is 0 Å². The van der Waals surface area contributed by atoms with Crippen LogP contribution in [-0.2, 0) is 9.53 Å². The third-order valence-corrected chi connectivity index (χ3v) is 6.44. The van der Waals surface area contributed by atoms with Gasteiger partial charge in [-0.1, -0.05) is 23.8 Å². The number of aryl methyl sites for hydroxylation is 2. The summed E-state index contributed by atoms with van der Waals surface area (Å²) in [6.07, 6.45) is 0. The zero-order valence-corrected chi connectivity index (χ0v) is 21.8. The summed E-state index contributed by atoms with van der Waals surface area (Å²) in [5.74, 6) is -0.415. The van der Waals surface area contributed by atoms with Crippen molar-refractivity contribution in [2.75, 3.05) is 45.9 Å². The second-order valence-corrected chi connectivity index (χ2v) is 9.44. The summed E-state index contributed by atoms with van der Waals surface area (Å²) < 4.78 is 5.48. The van der Waals surface area contributed by atoms with Gasteiger partial charge >= 0.3 is 18.0 Å². The molecule has 1 unspecified atom stereocenters. The Balaban J connectivity index is 1.95. The molecule has 2 aliphatic rings. The molecule has 9 heteroatoms. The van der Waals surface area contributed by atoms with Crippen molar-refractivity contribution in [3.05, 3.63) is 46.2 Å². The number of carbonyl (C=O) groups excluding carboxylic acids is 3. The van der Waals surface area contributed by atoms with E-state index >= 15 is 0 Å². The Bertz CT molecular complexity index is 982. The van der Waals surface area contributed by atoms with Crippen molar-refractivity contribution in [1.82, 2.24) is 25.3 Å². The topological polar surface area (TPSA) is 94.2 Å². The fraction of sp³-hybridized carbons (Fsp3) is 0.577. The number of likely N-dealkylation sites (N-methyl/N-ethyl adjacent to an activating group) is 1. The van der Waals surface area contributed by atoms with Gasteiger partial charge in [0.15, 0.2) is 0 Å². The van der Waals surface area contributed by atoms with Gasteiger partial charge < -0.3 is 20.3 Å². The van der Waals surface area contributed by atoms with Crippen molar-refractivity contribution in [1.29, 1.82) is 0 Å². The molecule has 1 aromatic rings. The lowest BCUT2D eigenvalue weighted by atomic mass is 9.90. The first kappa shape index (κ1) is 26.5. The van der Waals surface area contributed by atoms with Gasteiger partial charge in [0, 0.05) is 51.0 Å². The van der Waals surface area contributed by atoms with Gasteiger partial charge in [0.1, 0.15) is 0 Å². The molecule has 4 amide bonds. The molecule has 192 valence electrons. The lowest BCUT2D eigenvalue weighted by Gasteiger charge is -2.40. The average Bonchev–Trinajstić information content (AvgIpc) is 2.80. The predicted octanol–water partition coefficient (Wildman–Crippen LogP) is 2.94. The third kappa shape index (κ3) is 6.14. The summed E-state index contributed by atoms with van der Waals surface area (Å²) >= 11 is 0. The smallest absolute Gasteiger partial charge is 0.338 e. The van der Waals surface area contributed by atoms with E-state index in [1.54, 1.807) is 16.7 Å². The number of hydrogen-bond acceptors (Lipinski definition) is 5. The molecule has 1 aromatic carbocycles. The number of benzene rings is 1. The van der Waals surface area contributed by atoms with Crippen LogP contribution in [0.15, 0.2) is 29.5 Å². The van der Waals surface area contributed by atoms with Crippen LogP contribution in [-0.4, -0.2) is 84.6 Å². The fourth-order valence-corrected chi connectivity index (χ4v) is 4.62. The monoisotopic (exact) mass is 485 g/mol. The van der Waals surface area contributed by atoms with Crippen LogP contribution in [0.5, 0.6) is 0 Å². The van der Waals surface area contributed by atoms with E-state index in [9.17, 15) is 14.4 Å². The molecule has 1 atom stereocenters. The Labute approximate surface area is 208 Å². The van der Waals surface area contributed by atoms with Gasteiger partial charge in [-0.05, 0) is 52.7 Å². The largest absolute Gasteiger partial charge is 0.463 e. The van der Waals surface area contributed by atoms with Crippen LogP contribution in [0.25, 0.3) is 0 Å². The summed E-state index contributed by atoms with van der Waals surface area (Å²) in [4.78, 5) is 44.5. The highest BCUT2D eigenvalue weighted by Crippen LogP contribution is 2.34. The maximum atomic E-state index is 13.3. The first-order chi connectivity index (χ1) is 16.7. The quantitative estimate of drug-likeness (QED) is 0.579. The second-order valence-electron chi connectivity index (χ2n) is 9.44. The predicted molar refractivity (Wildman–Crippen MR) is 135 cm³/mol. The lowest BCUT2D eigenvalue weighted by Crippen LogP contribution is -2.55. The number of piperazine rings is 1. The van der Waals surface area contributed by atoms with Crippen molar-refractivity contribution >= 4 is 18.0 Å². The normalized spacial score (nSPS) is 19.2. The molecule has 0 aromatic heterocycles. The van der Waals surface area contributed by atoms with Crippen LogP contribution >= 0.6 is 0 Å². The zero-order chi connectivity index (χ0) is 25.7. The van der Waals surface area contributed by atoms with Gasteiger partial charge in [0.05, 0.1) is 18.2 Å². The van der Waals surface area contributed by atoms with E-state index in [4.69, 9.17) is 4.74 Å². The molecule has 35 heavy (non-hydrogen) atoms. The van der Waals surface area contributed by atoms with Crippen molar-refractivity contribution in [2.24, 2.45) is 0 Å². The van der Waals surface area contributed by atoms with Gasteiger partial charge in [-0.3, -0.25) is 9.80 Å². The van der Waals surface area contributed by atoms with Crippen LogP contribution in [0.3, 0.4) is 0 Å². The minimum absolute atomic E-state index is 0.0618. The SMILES string of the molecule is CCOC(=O)C1=C(CN2CCN(C(=O)NC(C)C)CC2)N(CC)C(=O)NC1c1cc(C)ccc1C. The Morgan fingerprint density at radius 3 is 2.43 bits per heavy atom. The Morgan fingerprint density at radius 1 is 1.14 bits per heavy atom. The van der Waals surface area contributed by atoms with Gasteiger partial charge in [0.25, 0.3) is 0 Å². The van der Waals surface area contributed by atoms with E-state index in [1.165, 1.54) is 0 Å². The molecule has 0 spiro atoms. The second kappa shape index (κ2) is 11.6. The highest BCUT2D eigenvalue weighted by Gasteiger charge is 2.39. The molecule has 2 heterocycles. The molecule has 0 aliphatic carbocycles.